The number of aromatic nitrogens is 3. The van der Waals surface area contributed by atoms with Crippen LogP contribution in [0.3, 0.4) is 0 Å². The van der Waals surface area contributed by atoms with Crippen LogP contribution in [0.1, 0.15) is 16.8 Å². The minimum Gasteiger partial charge on any atom is -0.355 e. The standard InChI is InChI=1S/C18H18FN5O/c19-15-4-2-14(3-5-15)18(25)23-11-1-10-22(12-13-23)17-7-8-20-16-6-9-21-24(16)17/h2-9H,1,10-13H2. The minimum atomic E-state index is -0.334. The number of carbonyl (C=O) groups is 1. The SMILES string of the molecule is O=C(c1ccc(F)cc1)N1CCCN(c2ccnc3ccnn23)CC1. The summed E-state index contributed by atoms with van der Waals surface area (Å²) in [5.41, 5.74) is 1.33. The molecular weight excluding hydrogens is 321 g/mol. The van der Waals surface area contributed by atoms with Crippen LogP contribution in [0.4, 0.5) is 10.2 Å². The number of anilines is 1. The highest BCUT2D eigenvalue weighted by molar-refractivity contribution is 5.94. The van der Waals surface area contributed by atoms with Gasteiger partial charge in [-0.3, -0.25) is 4.79 Å². The van der Waals surface area contributed by atoms with E-state index in [1.54, 1.807) is 12.4 Å². The predicted molar refractivity (Wildman–Crippen MR) is 92.1 cm³/mol. The van der Waals surface area contributed by atoms with E-state index >= 15 is 0 Å². The molecule has 1 fully saturated rings. The number of fused-ring (bicyclic) bond motifs is 1. The van der Waals surface area contributed by atoms with Crippen LogP contribution in [-0.4, -0.2) is 51.6 Å². The van der Waals surface area contributed by atoms with Crippen molar-refractivity contribution < 1.29 is 9.18 Å². The molecule has 2 aromatic heterocycles. The Morgan fingerprint density at radius 1 is 0.960 bits per heavy atom. The highest BCUT2D eigenvalue weighted by Crippen LogP contribution is 2.18. The van der Waals surface area contributed by atoms with E-state index in [2.05, 4.69) is 15.0 Å². The molecule has 1 aromatic carbocycles. The fourth-order valence-corrected chi connectivity index (χ4v) is 3.19. The summed E-state index contributed by atoms with van der Waals surface area (Å²) in [5.74, 6) is 0.589. The second-order valence-electron chi connectivity index (χ2n) is 6.04. The number of benzene rings is 1. The first kappa shape index (κ1) is 15.6. The smallest absolute Gasteiger partial charge is 0.253 e. The lowest BCUT2D eigenvalue weighted by molar-refractivity contribution is 0.0767. The lowest BCUT2D eigenvalue weighted by atomic mass is 10.2. The molecule has 1 aliphatic rings. The molecule has 0 N–H and O–H groups in total. The van der Waals surface area contributed by atoms with Crippen molar-refractivity contribution in [2.24, 2.45) is 0 Å². The maximum atomic E-state index is 13.1. The van der Waals surface area contributed by atoms with Gasteiger partial charge in [-0.05, 0) is 36.8 Å². The number of rotatable bonds is 2. The summed E-state index contributed by atoms with van der Waals surface area (Å²) in [5, 5.41) is 4.33. The van der Waals surface area contributed by atoms with Gasteiger partial charge in [-0.2, -0.15) is 9.61 Å². The van der Waals surface area contributed by atoms with Gasteiger partial charge < -0.3 is 9.80 Å². The van der Waals surface area contributed by atoms with Crippen LogP contribution in [-0.2, 0) is 0 Å². The molecule has 3 heterocycles. The summed E-state index contributed by atoms with van der Waals surface area (Å²) in [6.45, 7) is 2.85. The van der Waals surface area contributed by atoms with E-state index < -0.39 is 0 Å². The number of halogens is 1. The molecule has 0 radical (unpaired) electrons. The molecule has 4 rings (SSSR count). The van der Waals surface area contributed by atoms with Crippen LogP contribution in [0.2, 0.25) is 0 Å². The molecule has 6 nitrogen and oxygen atoms in total. The van der Waals surface area contributed by atoms with E-state index in [0.717, 1.165) is 24.4 Å². The number of carbonyl (C=O) groups excluding carboxylic acids is 1. The van der Waals surface area contributed by atoms with E-state index in [1.165, 1.54) is 24.3 Å². The molecule has 25 heavy (non-hydrogen) atoms. The average molecular weight is 339 g/mol. The lowest BCUT2D eigenvalue weighted by Gasteiger charge is -2.24. The van der Waals surface area contributed by atoms with Gasteiger partial charge in [-0.25, -0.2) is 9.37 Å². The van der Waals surface area contributed by atoms with Gasteiger partial charge in [0.15, 0.2) is 5.65 Å². The van der Waals surface area contributed by atoms with Crippen molar-refractivity contribution in [3.8, 4) is 0 Å². The molecule has 0 aliphatic carbocycles. The van der Waals surface area contributed by atoms with Gasteiger partial charge in [0.25, 0.3) is 5.91 Å². The highest BCUT2D eigenvalue weighted by Gasteiger charge is 2.21. The Bertz CT molecular complexity index is 892. The number of amides is 1. The molecule has 7 heteroatoms. The fraction of sp³-hybridized carbons (Fsp3) is 0.278. The molecule has 3 aromatic rings. The average Bonchev–Trinajstić information content (AvgIpc) is 2.98. The Morgan fingerprint density at radius 3 is 2.64 bits per heavy atom. The molecular formula is C18H18FN5O. The third-order valence-corrected chi connectivity index (χ3v) is 4.47. The number of hydrogen-bond donors (Lipinski definition) is 0. The maximum absolute atomic E-state index is 13.1. The van der Waals surface area contributed by atoms with E-state index in [0.29, 0.717) is 25.2 Å². The lowest BCUT2D eigenvalue weighted by Crippen LogP contribution is -2.35. The first-order valence-corrected chi connectivity index (χ1v) is 8.31. The van der Waals surface area contributed by atoms with Crippen molar-refractivity contribution in [2.45, 2.75) is 6.42 Å². The highest BCUT2D eigenvalue weighted by atomic mass is 19.1. The first-order chi connectivity index (χ1) is 12.2. The summed E-state index contributed by atoms with van der Waals surface area (Å²) in [6, 6.07) is 9.53. The van der Waals surface area contributed by atoms with E-state index in [1.807, 2.05) is 21.5 Å². The first-order valence-electron chi connectivity index (χ1n) is 8.31. The fourth-order valence-electron chi connectivity index (χ4n) is 3.19. The Morgan fingerprint density at radius 2 is 1.80 bits per heavy atom. The molecule has 0 atom stereocenters. The summed E-state index contributed by atoms with van der Waals surface area (Å²) < 4.78 is 14.9. The third-order valence-electron chi connectivity index (χ3n) is 4.47. The van der Waals surface area contributed by atoms with Crippen molar-refractivity contribution >= 4 is 17.4 Å². The molecule has 1 amide bonds. The van der Waals surface area contributed by atoms with Crippen molar-refractivity contribution in [3.63, 3.8) is 0 Å². The minimum absolute atomic E-state index is 0.0548. The molecule has 1 aliphatic heterocycles. The van der Waals surface area contributed by atoms with Crippen molar-refractivity contribution in [1.29, 1.82) is 0 Å². The third kappa shape index (κ3) is 3.05. The van der Waals surface area contributed by atoms with Crippen LogP contribution in [0.15, 0.2) is 48.8 Å². The predicted octanol–water partition coefficient (Wildman–Crippen LogP) is 2.22. The van der Waals surface area contributed by atoms with E-state index in [9.17, 15) is 9.18 Å². The van der Waals surface area contributed by atoms with E-state index in [4.69, 9.17) is 0 Å². The Hall–Kier alpha value is -2.96. The zero-order chi connectivity index (χ0) is 17.2. The molecule has 1 saturated heterocycles. The van der Waals surface area contributed by atoms with Crippen molar-refractivity contribution in [2.75, 3.05) is 31.1 Å². The normalized spacial score (nSPS) is 15.4. The van der Waals surface area contributed by atoms with Gasteiger partial charge in [-0.15, -0.1) is 0 Å². The second-order valence-corrected chi connectivity index (χ2v) is 6.04. The topological polar surface area (TPSA) is 53.7 Å². The largest absolute Gasteiger partial charge is 0.355 e. The summed E-state index contributed by atoms with van der Waals surface area (Å²) in [6.07, 6.45) is 4.37. The van der Waals surface area contributed by atoms with Gasteiger partial charge >= 0.3 is 0 Å². The zero-order valence-electron chi connectivity index (χ0n) is 13.7. The number of hydrogen-bond acceptors (Lipinski definition) is 4. The molecule has 128 valence electrons. The Kier molecular flexibility index (Phi) is 4.05. The Balaban J connectivity index is 1.51. The van der Waals surface area contributed by atoms with Gasteiger partial charge in [0.2, 0.25) is 0 Å². The van der Waals surface area contributed by atoms with Crippen LogP contribution < -0.4 is 4.90 Å². The van der Waals surface area contributed by atoms with Gasteiger partial charge in [0.1, 0.15) is 11.6 Å². The summed E-state index contributed by atoms with van der Waals surface area (Å²) in [4.78, 5) is 21.0. The second kappa shape index (κ2) is 6.51. The number of nitrogens with zero attached hydrogens (tertiary/aromatic N) is 5. The van der Waals surface area contributed by atoms with Crippen LogP contribution in [0.5, 0.6) is 0 Å². The Labute approximate surface area is 144 Å². The van der Waals surface area contributed by atoms with Crippen LogP contribution in [0, 0.1) is 5.82 Å². The van der Waals surface area contributed by atoms with Gasteiger partial charge in [0, 0.05) is 44.0 Å². The van der Waals surface area contributed by atoms with Crippen LogP contribution >= 0.6 is 0 Å². The van der Waals surface area contributed by atoms with E-state index in [-0.39, 0.29) is 11.7 Å². The summed E-state index contributed by atoms with van der Waals surface area (Å²) >= 11 is 0. The van der Waals surface area contributed by atoms with Crippen molar-refractivity contribution in [1.82, 2.24) is 19.5 Å². The molecule has 0 spiro atoms. The van der Waals surface area contributed by atoms with Crippen LogP contribution in [0.25, 0.3) is 5.65 Å². The zero-order valence-corrected chi connectivity index (χ0v) is 13.7. The molecule has 0 saturated carbocycles. The molecule has 0 unspecified atom stereocenters. The van der Waals surface area contributed by atoms with Crippen molar-refractivity contribution in [3.05, 3.63) is 60.2 Å². The quantitative estimate of drug-likeness (QED) is 0.718. The monoisotopic (exact) mass is 339 g/mol. The van der Waals surface area contributed by atoms with Gasteiger partial charge in [-0.1, -0.05) is 0 Å². The van der Waals surface area contributed by atoms with Gasteiger partial charge in [0.05, 0.1) is 6.20 Å². The summed E-state index contributed by atoms with van der Waals surface area (Å²) in [7, 11) is 0. The molecule has 0 bridgehead atoms. The maximum Gasteiger partial charge on any atom is 0.253 e.